The zero-order valence-electron chi connectivity index (χ0n) is 15.6. The van der Waals surface area contributed by atoms with Crippen LogP contribution >= 0.6 is 11.3 Å². The molecule has 0 radical (unpaired) electrons. The van der Waals surface area contributed by atoms with Crippen LogP contribution in [0, 0.1) is 0 Å². The lowest BCUT2D eigenvalue weighted by Gasteiger charge is -2.03. The van der Waals surface area contributed by atoms with Crippen LogP contribution < -0.4 is 0 Å². The molecule has 0 amide bonds. The van der Waals surface area contributed by atoms with E-state index in [9.17, 15) is 4.79 Å². The van der Waals surface area contributed by atoms with E-state index in [0.717, 1.165) is 37.1 Å². The SMILES string of the molecule is CCCCCCCCCC(=O)CCCCCCCCc1nncs1. The van der Waals surface area contributed by atoms with Crippen LogP contribution in [-0.2, 0) is 11.2 Å². The number of hydrogen-bond donors (Lipinski definition) is 0. The third kappa shape index (κ3) is 12.6. The van der Waals surface area contributed by atoms with E-state index >= 15 is 0 Å². The molecule has 0 N–H and O–H groups in total. The van der Waals surface area contributed by atoms with Crippen molar-refractivity contribution >= 4 is 17.1 Å². The third-order valence-electron chi connectivity index (χ3n) is 4.56. The molecule has 0 aliphatic rings. The molecule has 4 heteroatoms. The first kappa shape index (κ1) is 21.3. The molecule has 1 aromatic rings. The lowest BCUT2D eigenvalue weighted by atomic mass is 10.0. The minimum Gasteiger partial charge on any atom is -0.300 e. The lowest BCUT2D eigenvalue weighted by Crippen LogP contribution is -1.97. The van der Waals surface area contributed by atoms with Crippen molar-refractivity contribution in [2.45, 2.75) is 110 Å². The van der Waals surface area contributed by atoms with Gasteiger partial charge in [0.1, 0.15) is 16.3 Å². The predicted octanol–water partition coefficient (Wildman–Crippen LogP) is 6.52. The average molecular weight is 353 g/mol. The number of hydrogen-bond acceptors (Lipinski definition) is 4. The van der Waals surface area contributed by atoms with Gasteiger partial charge in [-0.1, -0.05) is 71.1 Å². The van der Waals surface area contributed by atoms with Gasteiger partial charge in [0.05, 0.1) is 0 Å². The maximum absolute atomic E-state index is 11.8. The average Bonchev–Trinajstić information content (AvgIpc) is 3.10. The van der Waals surface area contributed by atoms with Crippen molar-refractivity contribution in [2.75, 3.05) is 0 Å². The topological polar surface area (TPSA) is 42.9 Å². The standard InChI is InChI=1S/C20H36N2OS/c1-2-3-4-5-6-9-12-15-19(23)16-13-10-7-8-11-14-17-20-22-21-18-24-20/h18H,2-17H2,1H3. The van der Waals surface area contributed by atoms with Gasteiger partial charge in [0.2, 0.25) is 0 Å². The van der Waals surface area contributed by atoms with Crippen LogP contribution in [0.15, 0.2) is 5.51 Å². The normalized spacial score (nSPS) is 11.0. The van der Waals surface area contributed by atoms with Gasteiger partial charge >= 0.3 is 0 Å². The van der Waals surface area contributed by atoms with Crippen molar-refractivity contribution in [1.82, 2.24) is 10.2 Å². The summed E-state index contributed by atoms with van der Waals surface area (Å²) < 4.78 is 0. The number of aryl methyl sites for hydroxylation is 1. The number of unbranched alkanes of at least 4 members (excludes halogenated alkanes) is 11. The first-order valence-electron chi connectivity index (χ1n) is 10.1. The fourth-order valence-corrected chi connectivity index (χ4v) is 3.59. The van der Waals surface area contributed by atoms with Gasteiger partial charge in [-0.25, -0.2) is 0 Å². The summed E-state index contributed by atoms with van der Waals surface area (Å²) >= 11 is 1.65. The van der Waals surface area contributed by atoms with Crippen molar-refractivity contribution in [3.63, 3.8) is 0 Å². The highest BCUT2D eigenvalue weighted by atomic mass is 32.1. The van der Waals surface area contributed by atoms with Gasteiger partial charge in [0.25, 0.3) is 0 Å². The molecule has 1 heterocycles. The van der Waals surface area contributed by atoms with Crippen molar-refractivity contribution in [3.8, 4) is 0 Å². The second-order valence-corrected chi connectivity index (χ2v) is 7.78. The van der Waals surface area contributed by atoms with Crippen LogP contribution in [0.2, 0.25) is 0 Å². The van der Waals surface area contributed by atoms with Crippen molar-refractivity contribution in [3.05, 3.63) is 10.5 Å². The highest BCUT2D eigenvalue weighted by molar-refractivity contribution is 7.09. The summed E-state index contributed by atoms with van der Waals surface area (Å²) in [5.74, 6) is 0.486. The Bertz CT molecular complexity index is 392. The summed E-state index contributed by atoms with van der Waals surface area (Å²) in [5, 5.41) is 9.08. The van der Waals surface area contributed by atoms with Crippen LogP contribution in [0.5, 0.6) is 0 Å². The van der Waals surface area contributed by atoms with Gasteiger partial charge in [-0.05, 0) is 19.3 Å². The molecule has 0 fully saturated rings. The summed E-state index contributed by atoms with van der Waals surface area (Å²) in [5.41, 5.74) is 1.80. The van der Waals surface area contributed by atoms with Crippen LogP contribution in [0.4, 0.5) is 0 Å². The first-order valence-corrected chi connectivity index (χ1v) is 11.0. The summed E-state index contributed by atoms with van der Waals surface area (Å²) in [4.78, 5) is 11.8. The lowest BCUT2D eigenvalue weighted by molar-refractivity contribution is -0.119. The monoisotopic (exact) mass is 352 g/mol. The summed E-state index contributed by atoms with van der Waals surface area (Å²) in [6.07, 6.45) is 19.1. The van der Waals surface area contributed by atoms with E-state index in [1.807, 2.05) is 0 Å². The van der Waals surface area contributed by atoms with Crippen molar-refractivity contribution in [2.24, 2.45) is 0 Å². The number of aromatic nitrogens is 2. The van der Waals surface area contributed by atoms with Crippen molar-refractivity contribution < 1.29 is 4.79 Å². The Kier molecular flexibility index (Phi) is 14.0. The van der Waals surface area contributed by atoms with E-state index in [4.69, 9.17) is 0 Å². The zero-order valence-corrected chi connectivity index (χ0v) is 16.4. The molecule has 1 aromatic heterocycles. The van der Waals surface area contributed by atoms with E-state index < -0.39 is 0 Å². The molecule has 0 bridgehead atoms. The minimum absolute atomic E-state index is 0.486. The van der Waals surface area contributed by atoms with E-state index in [2.05, 4.69) is 17.1 Å². The Morgan fingerprint density at radius 2 is 1.38 bits per heavy atom. The molecule has 3 nitrogen and oxygen atoms in total. The van der Waals surface area contributed by atoms with Gasteiger partial charge in [-0.15, -0.1) is 21.5 Å². The molecule has 0 atom stereocenters. The van der Waals surface area contributed by atoms with Gasteiger partial charge in [0, 0.05) is 19.3 Å². The summed E-state index contributed by atoms with van der Waals surface area (Å²) in [7, 11) is 0. The van der Waals surface area contributed by atoms with Gasteiger partial charge in [-0.2, -0.15) is 0 Å². The van der Waals surface area contributed by atoms with E-state index in [-0.39, 0.29) is 0 Å². The van der Waals surface area contributed by atoms with Crippen LogP contribution in [-0.4, -0.2) is 16.0 Å². The molecule has 0 aromatic carbocycles. The molecule has 1 rings (SSSR count). The Hall–Kier alpha value is -0.770. The molecular weight excluding hydrogens is 316 g/mol. The summed E-state index contributed by atoms with van der Waals surface area (Å²) in [6.45, 7) is 2.25. The molecule has 0 aliphatic carbocycles. The molecule has 24 heavy (non-hydrogen) atoms. The predicted molar refractivity (Wildman–Crippen MR) is 104 cm³/mol. The molecule has 0 saturated carbocycles. The van der Waals surface area contributed by atoms with Crippen LogP contribution in [0.3, 0.4) is 0 Å². The highest BCUT2D eigenvalue weighted by Gasteiger charge is 2.02. The largest absolute Gasteiger partial charge is 0.300 e. The maximum Gasteiger partial charge on any atom is 0.132 e. The molecule has 0 aliphatic heterocycles. The number of carbonyl (C=O) groups excluding carboxylic acids is 1. The minimum atomic E-state index is 0.486. The first-order chi connectivity index (χ1) is 11.8. The Morgan fingerprint density at radius 1 is 0.833 bits per heavy atom. The van der Waals surface area contributed by atoms with Crippen molar-refractivity contribution in [1.29, 1.82) is 0 Å². The fraction of sp³-hybridized carbons (Fsp3) is 0.850. The van der Waals surface area contributed by atoms with E-state index in [0.29, 0.717) is 5.78 Å². The molecule has 0 unspecified atom stereocenters. The van der Waals surface area contributed by atoms with E-state index in [1.54, 1.807) is 16.8 Å². The number of rotatable bonds is 17. The molecule has 0 spiro atoms. The number of carbonyl (C=O) groups is 1. The quantitative estimate of drug-likeness (QED) is 0.300. The Labute approximate surface area is 152 Å². The van der Waals surface area contributed by atoms with E-state index in [1.165, 1.54) is 70.6 Å². The second kappa shape index (κ2) is 15.7. The van der Waals surface area contributed by atoms with Crippen LogP contribution in [0.1, 0.15) is 108 Å². The zero-order chi connectivity index (χ0) is 17.3. The number of ketones is 1. The fourth-order valence-electron chi connectivity index (χ4n) is 3.01. The highest BCUT2D eigenvalue weighted by Crippen LogP contribution is 2.13. The number of Topliss-reactive ketones (excluding diaryl/α,β-unsaturated/α-hetero) is 1. The number of nitrogens with zero attached hydrogens (tertiary/aromatic N) is 2. The maximum atomic E-state index is 11.8. The molecule has 138 valence electrons. The molecular formula is C20H36N2OS. The smallest absolute Gasteiger partial charge is 0.132 e. The third-order valence-corrected chi connectivity index (χ3v) is 5.32. The molecule has 0 saturated heterocycles. The Balaban J connectivity index is 1.77. The van der Waals surface area contributed by atoms with Gasteiger partial charge in [0.15, 0.2) is 0 Å². The summed E-state index contributed by atoms with van der Waals surface area (Å²) in [6, 6.07) is 0. The van der Waals surface area contributed by atoms with Crippen LogP contribution in [0.25, 0.3) is 0 Å². The van der Waals surface area contributed by atoms with Gasteiger partial charge < -0.3 is 0 Å². The van der Waals surface area contributed by atoms with Gasteiger partial charge in [-0.3, -0.25) is 4.79 Å². The Morgan fingerprint density at radius 3 is 1.92 bits per heavy atom. The second-order valence-electron chi connectivity index (χ2n) is 6.86.